The van der Waals surface area contributed by atoms with Crippen molar-refractivity contribution >= 4 is 24.8 Å². The van der Waals surface area contributed by atoms with E-state index in [0.717, 1.165) is 30.9 Å². The van der Waals surface area contributed by atoms with Crippen LogP contribution in [0.3, 0.4) is 0 Å². The molecule has 0 amide bonds. The van der Waals surface area contributed by atoms with Crippen LogP contribution >= 0.6 is 24.8 Å². The van der Waals surface area contributed by atoms with E-state index >= 15 is 0 Å². The molecule has 0 aromatic heterocycles. The van der Waals surface area contributed by atoms with Gasteiger partial charge in [0.2, 0.25) is 0 Å². The molecule has 0 saturated heterocycles. The molecule has 0 heterocycles. The topological polar surface area (TPSA) is 47.7 Å². The van der Waals surface area contributed by atoms with Gasteiger partial charge in [0.15, 0.2) is 11.5 Å². The maximum absolute atomic E-state index is 5.64. The standard InChI is InChI=1S/C22H38N2O2.2ClH/c1-4-15-24(16-9-7-5-6-8-14-23)19-11-12-20-18(17-19)10-13-21(25-2)22(20)26-3;;/h10,13,19H,4-9,11-12,14-17,23H2,1-3H3;2*1H/t19-;;/m0../s1. The Morgan fingerprint density at radius 2 is 1.71 bits per heavy atom. The number of rotatable bonds is 12. The van der Waals surface area contributed by atoms with E-state index in [9.17, 15) is 0 Å². The second-order valence-electron chi connectivity index (χ2n) is 7.43. The summed E-state index contributed by atoms with van der Waals surface area (Å²) < 4.78 is 11.1. The van der Waals surface area contributed by atoms with Gasteiger partial charge < -0.3 is 20.1 Å². The van der Waals surface area contributed by atoms with Gasteiger partial charge in [-0.15, -0.1) is 24.8 Å². The third-order valence-electron chi connectivity index (χ3n) is 5.61. The molecule has 0 fully saturated rings. The molecule has 1 aromatic carbocycles. The van der Waals surface area contributed by atoms with Crippen molar-refractivity contribution in [1.82, 2.24) is 4.90 Å². The average molecular weight is 435 g/mol. The summed E-state index contributed by atoms with van der Waals surface area (Å²) in [6.45, 7) is 5.55. The van der Waals surface area contributed by atoms with E-state index in [1.165, 1.54) is 69.2 Å². The van der Waals surface area contributed by atoms with E-state index in [-0.39, 0.29) is 24.8 Å². The SMILES string of the molecule is CCCN(CCCCCCCN)[C@H]1CCc2c(ccc(OC)c2OC)C1.Cl.Cl. The zero-order chi connectivity index (χ0) is 18.8. The number of fused-ring (bicyclic) bond motifs is 1. The number of methoxy groups -OCH3 is 2. The molecule has 2 N–H and O–H groups in total. The molecule has 0 spiro atoms. The first-order valence-corrected chi connectivity index (χ1v) is 10.4. The zero-order valence-electron chi connectivity index (χ0n) is 17.9. The van der Waals surface area contributed by atoms with Crippen LogP contribution in [0.15, 0.2) is 12.1 Å². The Hall–Kier alpha value is -0.680. The lowest BCUT2D eigenvalue weighted by atomic mass is 9.86. The van der Waals surface area contributed by atoms with Crippen LogP contribution in [0.25, 0.3) is 0 Å². The predicted molar refractivity (Wildman–Crippen MR) is 124 cm³/mol. The highest BCUT2D eigenvalue weighted by molar-refractivity contribution is 5.85. The van der Waals surface area contributed by atoms with Crippen molar-refractivity contribution in [3.8, 4) is 11.5 Å². The summed E-state index contributed by atoms with van der Waals surface area (Å²) >= 11 is 0. The molecule has 1 atom stereocenters. The van der Waals surface area contributed by atoms with Gasteiger partial charge in [0, 0.05) is 11.6 Å². The fourth-order valence-corrected chi connectivity index (χ4v) is 4.23. The van der Waals surface area contributed by atoms with Crippen molar-refractivity contribution in [3.05, 3.63) is 23.3 Å². The summed E-state index contributed by atoms with van der Waals surface area (Å²) in [5, 5.41) is 0. The summed E-state index contributed by atoms with van der Waals surface area (Å²) in [6, 6.07) is 4.95. The van der Waals surface area contributed by atoms with Crippen LogP contribution in [0.4, 0.5) is 0 Å². The van der Waals surface area contributed by atoms with Gasteiger partial charge in [-0.05, 0) is 69.8 Å². The molecular formula is C22H40Cl2N2O2. The highest BCUT2D eigenvalue weighted by Crippen LogP contribution is 2.38. The fraction of sp³-hybridized carbons (Fsp3) is 0.727. The van der Waals surface area contributed by atoms with Gasteiger partial charge in [-0.1, -0.05) is 32.3 Å². The van der Waals surface area contributed by atoms with Crippen LogP contribution in [-0.4, -0.2) is 44.8 Å². The van der Waals surface area contributed by atoms with Crippen LogP contribution in [0.2, 0.25) is 0 Å². The Morgan fingerprint density at radius 3 is 2.36 bits per heavy atom. The molecular weight excluding hydrogens is 395 g/mol. The molecule has 0 aliphatic heterocycles. The number of nitrogens with two attached hydrogens (primary N) is 1. The third kappa shape index (κ3) is 7.62. The lowest BCUT2D eigenvalue weighted by molar-refractivity contribution is 0.175. The second kappa shape index (κ2) is 15.2. The van der Waals surface area contributed by atoms with Crippen molar-refractivity contribution in [2.45, 2.75) is 70.8 Å². The molecule has 0 unspecified atom stereocenters. The maximum atomic E-state index is 5.64. The van der Waals surface area contributed by atoms with Crippen molar-refractivity contribution in [2.24, 2.45) is 5.73 Å². The largest absolute Gasteiger partial charge is 0.493 e. The predicted octanol–water partition coefficient (Wildman–Crippen LogP) is 5.03. The first-order chi connectivity index (χ1) is 12.7. The summed E-state index contributed by atoms with van der Waals surface area (Å²) in [5.41, 5.74) is 8.36. The van der Waals surface area contributed by atoms with E-state index < -0.39 is 0 Å². The van der Waals surface area contributed by atoms with E-state index in [1.54, 1.807) is 14.2 Å². The Balaban J connectivity index is 0.00000364. The Morgan fingerprint density at radius 1 is 1.00 bits per heavy atom. The van der Waals surface area contributed by atoms with Crippen LogP contribution in [-0.2, 0) is 12.8 Å². The van der Waals surface area contributed by atoms with E-state index in [1.807, 2.05) is 0 Å². The number of nitrogens with zero attached hydrogens (tertiary/aromatic N) is 1. The molecule has 164 valence electrons. The molecule has 1 aliphatic carbocycles. The molecule has 2 rings (SSSR count). The highest BCUT2D eigenvalue weighted by Gasteiger charge is 2.26. The molecule has 0 bridgehead atoms. The van der Waals surface area contributed by atoms with Crippen LogP contribution in [0.5, 0.6) is 11.5 Å². The van der Waals surface area contributed by atoms with Gasteiger partial charge >= 0.3 is 0 Å². The molecule has 1 aromatic rings. The quantitative estimate of drug-likeness (QED) is 0.468. The Kier molecular flexibility index (Phi) is 14.8. The van der Waals surface area contributed by atoms with Crippen LogP contribution in [0.1, 0.15) is 63.0 Å². The van der Waals surface area contributed by atoms with E-state index in [2.05, 4.69) is 24.0 Å². The average Bonchev–Trinajstić information content (AvgIpc) is 2.68. The summed E-state index contributed by atoms with van der Waals surface area (Å²) in [5.74, 6) is 1.79. The summed E-state index contributed by atoms with van der Waals surface area (Å²) in [6.07, 6.45) is 11.0. The first-order valence-electron chi connectivity index (χ1n) is 10.4. The van der Waals surface area contributed by atoms with Crippen LogP contribution in [0, 0.1) is 0 Å². The van der Waals surface area contributed by atoms with Gasteiger partial charge in [-0.25, -0.2) is 0 Å². The maximum Gasteiger partial charge on any atom is 0.164 e. The number of benzene rings is 1. The number of unbranched alkanes of at least 4 members (excludes halogenated alkanes) is 4. The molecule has 6 heteroatoms. The van der Waals surface area contributed by atoms with Crippen LogP contribution < -0.4 is 15.2 Å². The van der Waals surface area contributed by atoms with Gasteiger partial charge in [-0.3, -0.25) is 0 Å². The van der Waals surface area contributed by atoms with E-state index in [0.29, 0.717) is 6.04 Å². The minimum absolute atomic E-state index is 0. The van der Waals surface area contributed by atoms with Crippen molar-refractivity contribution in [3.63, 3.8) is 0 Å². The Bertz CT molecular complexity index is 544. The third-order valence-corrected chi connectivity index (χ3v) is 5.61. The van der Waals surface area contributed by atoms with Gasteiger partial charge in [0.1, 0.15) is 0 Å². The minimum atomic E-state index is 0. The molecule has 0 radical (unpaired) electrons. The monoisotopic (exact) mass is 434 g/mol. The minimum Gasteiger partial charge on any atom is -0.493 e. The van der Waals surface area contributed by atoms with Crippen molar-refractivity contribution < 1.29 is 9.47 Å². The highest BCUT2D eigenvalue weighted by atomic mass is 35.5. The van der Waals surface area contributed by atoms with Crippen molar-refractivity contribution in [1.29, 1.82) is 0 Å². The molecule has 4 nitrogen and oxygen atoms in total. The number of hydrogen-bond donors (Lipinski definition) is 1. The smallest absolute Gasteiger partial charge is 0.164 e. The molecule has 1 aliphatic rings. The normalized spacial score (nSPS) is 15.4. The lowest BCUT2D eigenvalue weighted by Crippen LogP contribution is -2.40. The number of hydrogen-bond acceptors (Lipinski definition) is 4. The van der Waals surface area contributed by atoms with Crippen molar-refractivity contribution in [2.75, 3.05) is 33.9 Å². The Labute approximate surface area is 184 Å². The zero-order valence-corrected chi connectivity index (χ0v) is 19.5. The van der Waals surface area contributed by atoms with Gasteiger partial charge in [-0.2, -0.15) is 0 Å². The second-order valence-corrected chi connectivity index (χ2v) is 7.43. The lowest BCUT2D eigenvalue weighted by Gasteiger charge is -2.36. The summed E-state index contributed by atoms with van der Waals surface area (Å²) in [4.78, 5) is 2.72. The van der Waals surface area contributed by atoms with E-state index in [4.69, 9.17) is 15.2 Å². The van der Waals surface area contributed by atoms with Gasteiger partial charge in [0.25, 0.3) is 0 Å². The van der Waals surface area contributed by atoms with Gasteiger partial charge in [0.05, 0.1) is 14.2 Å². The summed E-state index contributed by atoms with van der Waals surface area (Å²) in [7, 11) is 3.46. The first kappa shape index (κ1) is 27.3. The number of halogens is 2. The molecule has 28 heavy (non-hydrogen) atoms. The number of ether oxygens (including phenoxy) is 2. The fourth-order valence-electron chi connectivity index (χ4n) is 4.23. The molecule has 0 saturated carbocycles.